The second-order valence-corrected chi connectivity index (χ2v) is 7.47. The number of morpholine rings is 1. The first-order chi connectivity index (χ1) is 10.0. The summed E-state index contributed by atoms with van der Waals surface area (Å²) in [5, 5.41) is 13.6. The number of hydrogen-bond acceptors (Lipinski definition) is 4. The Balaban J connectivity index is 1.91. The van der Waals surface area contributed by atoms with Crippen LogP contribution in [-0.2, 0) is 4.74 Å². The molecule has 2 atom stereocenters. The van der Waals surface area contributed by atoms with E-state index in [2.05, 4.69) is 31.0 Å². The Morgan fingerprint density at radius 2 is 2.19 bits per heavy atom. The summed E-state index contributed by atoms with van der Waals surface area (Å²) in [4.78, 5) is 2.57. The van der Waals surface area contributed by atoms with Crippen molar-refractivity contribution in [3.05, 3.63) is 0 Å². The van der Waals surface area contributed by atoms with E-state index < -0.39 is 0 Å². The van der Waals surface area contributed by atoms with E-state index in [0.29, 0.717) is 5.92 Å². The monoisotopic (exact) mass is 298 g/mol. The van der Waals surface area contributed by atoms with E-state index in [9.17, 15) is 5.11 Å². The van der Waals surface area contributed by atoms with Gasteiger partial charge < -0.3 is 15.2 Å². The Bertz CT molecular complexity index is 322. The maximum atomic E-state index is 9.96. The quantitative estimate of drug-likeness (QED) is 0.755. The lowest BCUT2D eigenvalue weighted by Crippen LogP contribution is -2.55. The third kappa shape index (κ3) is 3.98. The molecule has 2 aliphatic rings. The number of nitrogens with zero attached hydrogens (tertiary/aromatic N) is 1. The van der Waals surface area contributed by atoms with Gasteiger partial charge in [-0.3, -0.25) is 4.90 Å². The molecule has 1 saturated heterocycles. The van der Waals surface area contributed by atoms with Crippen molar-refractivity contribution in [3.63, 3.8) is 0 Å². The lowest BCUT2D eigenvalue weighted by Gasteiger charge is -2.43. The summed E-state index contributed by atoms with van der Waals surface area (Å²) < 4.78 is 5.61. The minimum atomic E-state index is -0.0214. The van der Waals surface area contributed by atoms with Crippen LogP contribution in [0.1, 0.15) is 52.9 Å². The van der Waals surface area contributed by atoms with Crippen LogP contribution in [0.4, 0.5) is 0 Å². The van der Waals surface area contributed by atoms with Gasteiger partial charge in [-0.2, -0.15) is 0 Å². The van der Waals surface area contributed by atoms with E-state index in [0.717, 1.165) is 45.7 Å². The number of aliphatic hydroxyl groups excluding tert-OH is 1. The number of hydrogen-bond donors (Lipinski definition) is 2. The molecule has 0 aromatic carbocycles. The van der Waals surface area contributed by atoms with Gasteiger partial charge >= 0.3 is 0 Å². The first-order valence-electron chi connectivity index (χ1n) is 8.73. The van der Waals surface area contributed by atoms with E-state index in [4.69, 9.17) is 4.74 Å². The van der Waals surface area contributed by atoms with Crippen molar-refractivity contribution in [2.45, 2.75) is 64.0 Å². The van der Waals surface area contributed by atoms with Crippen LogP contribution in [0.25, 0.3) is 0 Å². The van der Waals surface area contributed by atoms with Crippen molar-refractivity contribution in [1.82, 2.24) is 10.2 Å². The summed E-state index contributed by atoms with van der Waals surface area (Å²) in [6, 6.07) is 0. The highest BCUT2D eigenvalue weighted by atomic mass is 16.5. The number of rotatable bonds is 7. The minimum Gasteiger partial charge on any atom is -0.394 e. The van der Waals surface area contributed by atoms with Gasteiger partial charge in [0.15, 0.2) is 0 Å². The molecule has 2 rings (SSSR count). The van der Waals surface area contributed by atoms with Crippen molar-refractivity contribution in [2.75, 3.05) is 39.5 Å². The first kappa shape index (κ1) is 17.2. The fourth-order valence-electron chi connectivity index (χ4n) is 4.05. The molecule has 2 unspecified atom stereocenters. The van der Waals surface area contributed by atoms with E-state index in [-0.39, 0.29) is 17.7 Å². The fraction of sp³-hybridized carbons (Fsp3) is 1.00. The minimum absolute atomic E-state index is 0.0214. The van der Waals surface area contributed by atoms with Crippen molar-refractivity contribution in [1.29, 1.82) is 0 Å². The van der Waals surface area contributed by atoms with Gasteiger partial charge in [0.2, 0.25) is 0 Å². The summed E-state index contributed by atoms with van der Waals surface area (Å²) in [6.07, 6.45) is 5.93. The highest BCUT2D eigenvalue weighted by Crippen LogP contribution is 2.38. The molecule has 0 amide bonds. The van der Waals surface area contributed by atoms with Gasteiger partial charge in [-0.05, 0) is 58.5 Å². The van der Waals surface area contributed by atoms with Gasteiger partial charge in [-0.15, -0.1) is 0 Å². The molecule has 0 radical (unpaired) electrons. The molecule has 124 valence electrons. The molecule has 4 heteroatoms. The van der Waals surface area contributed by atoms with Crippen LogP contribution >= 0.6 is 0 Å². The highest BCUT2D eigenvalue weighted by molar-refractivity contribution is 4.99. The molecule has 21 heavy (non-hydrogen) atoms. The summed E-state index contributed by atoms with van der Waals surface area (Å²) in [5.74, 6) is 0.604. The van der Waals surface area contributed by atoms with E-state index in [1.807, 2.05) is 0 Å². The molecule has 1 heterocycles. The smallest absolute Gasteiger partial charge is 0.0645 e. The Hall–Kier alpha value is -0.160. The summed E-state index contributed by atoms with van der Waals surface area (Å²) in [6.45, 7) is 11.9. The normalized spacial score (nSPS) is 33.4. The van der Waals surface area contributed by atoms with Gasteiger partial charge in [-0.1, -0.05) is 13.3 Å². The van der Waals surface area contributed by atoms with Crippen LogP contribution in [0.5, 0.6) is 0 Å². The zero-order valence-corrected chi connectivity index (χ0v) is 14.2. The molecule has 2 fully saturated rings. The van der Waals surface area contributed by atoms with Crippen LogP contribution in [-0.4, -0.2) is 60.5 Å². The van der Waals surface area contributed by atoms with Gasteiger partial charge in [0, 0.05) is 17.6 Å². The zero-order chi connectivity index (χ0) is 15.3. The maximum absolute atomic E-state index is 9.96. The molecule has 0 aromatic heterocycles. The Labute approximate surface area is 130 Å². The van der Waals surface area contributed by atoms with Crippen molar-refractivity contribution >= 4 is 0 Å². The summed E-state index contributed by atoms with van der Waals surface area (Å²) >= 11 is 0. The van der Waals surface area contributed by atoms with Crippen LogP contribution < -0.4 is 5.32 Å². The van der Waals surface area contributed by atoms with Crippen LogP contribution in [0, 0.1) is 5.92 Å². The molecule has 2 N–H and O–H groups in total. The second-order valence-electron chi connectivity index (χ2n) is 7.47. The molecule has 1 aliphatic heterocycles. The predicted molar refractivity (Wildman–Crippen MR) is 86.5 cm³/mol. The van der Waals surface area contributed by atoms with Crippen molar-refractivity contribution in [3.8, 4) is 0 Å². The van der Waals surface area contributed by atoms with Crippen molar-refractivity contribution in [2.24, 2.45) is 5.92 Å². The lowest BCUT2D eigenvalue weighted by molar-refractivity contribution is -0.0543. The zero-order valence-electron chi connectivity index (χ0n) is 14.2. The Morgan fingerprint density at radius 1 is 1.38 bits per heavy atom. The molecule has 0 spiro atoms. The van der Waals surface area contributed by atoms with E-state index in [1.165, 1.54) is 19.3 Å². The molecule has 0 bridgehead atoms. The number of ether oxygens (including phenoxy) is 1. The topological polar surface area (TPSA) is 44.7 Å². The third-order valence-electron chi connectivity index (χ3n) is 5.53. The van der Waals surface area contributed by atoms with Crippen LogP contribution in [0.3, 0.4) is 0 Å². The lowest BCUT2D eigenvalue weighted by atomic mass is 9.84. The van der Waals surface area contributed by atoms with Crippen LogP contribution in [0.2, 0.25) is 0 Å². The fourth-order valence-corrected chi connectivity index (χ4v) is 4.05. The molecule has 4 nitrogen and oxygen atoms in total. The second kappa shape index (κ2) is 7.40. The maximum Gasteiger partial charge on any atom is 0.0645 e. The summed E-state index contributed by atoms with van der Waals surface area (Å²) in [7, 11) is 0. The average molecular weight is 298 g/mol. The molecular formula is C17H34N2O2. The molecule has 0 aromatic rings. The average Bonchev–Trinajstić information content (AvgIpc) is 2.87. The Kier molecular flexibility index (Phi) is 6.06. The van der Waals surface area contributed by atoms with E-state index in [1.54, 1.807) is 0 Å². The SMILES string of the molecule is CCCNC1(CO)CCCC1CCN1CCOCC1(C)C. The van der Waals surface area contributed by atoms with Gasteiger partial charge in [-0.25, -0.2) is 0 Å². The first-order valence-corrected chi connectivity index (χ1v) is 8.73. The third-order valence-corrected chi connectivity index (χ3v) is 5.53. The molecule has 1 saturated carbocycles. The Morgan fingerprint density at radius 3 is 2.86 bits per heavy atom. The molecular weight excluding hydrogens is 264 g/mol. The van der Waals surface area contributed by atoms with Gasteiger partial charge in [0.25, 0.3) is 0 Å². The van der Waals surface area contributed by atoms with Crippen molar-refractivity contribution < 1.29 is 9.84 Å². The largest absolute Gasteiger partial charge is 0.394 e. The number of nitrogens with one attached hydrogen (secondary N) is 1. The van der Waals surface area contributed by atoms with E-state index >= 15 is 0 Å². The molecule has 1 aliphatic carbocycles. The van der Waals surface area contributed by atoms with Gasteiger partial charge in [0.1, 0.15) is 0 Å². The van der Waals surface area contributed by atoms with Gasteiger partial charge in [0.05, 0.1) is 19.8 Å². The predicted octanol–water partition coefficient (Wildman–Crippen LogP) is 2.02. The highest BCUT2D eigenvalue weighted by Gasteiger charge is 2.42. The summed E-state index contributed by atoms with van der Waals surface area (Å²) in [5.41, 5.74) is 0.127. The van der Waals surface area contributed by atoms with Crippen LogP contribution in [0.15, 0.2) is 0 Å². The standard InChI is InChI=1S/C17H34N2O2/c1-4-9-18-17(13-20)8-5-6-15(17)7-10-19-11-12-21-14-16(19,2)3/h15,18,20H,4-14H2,1-3H3. The number of aliphatic hydroxyl groups is 1.